The van der Waals surface area contributed by atoms with Crippen molar-refractivity contribution in [1.82, 2.24) is 29.0 Å². The van der Waals surface area contributed by atoms with Crippen molar-refractivity contribution in [3.63, 3.8) is 0 Å². The molecule has 1 aromatic carbocycles. The van der Waals surface area contributed by atoms with Gasteiger partial charge in [0.05, 0.1) is 41.4 Å². The number of carbonyl (C=O) groups excluding carboxylic acids is 1. The van der Waals surface area contributed by atoms with E-state index in [4.69, 9.17) is 0 Å². The Morgan fingerprint density at radius 1 is 1.09 bits per heavy atom. The van der Waals surface area contributed by atoms with E-state index in [1.165, 1.54) is 31.1 Å². The van der Waals surface area contributed by atoms with Crippen LogP contribution in [0.4, 0.5) is 0 Å². The summed E-state index contributed by atoms with van der Waals surface area (Å²) in [6, 6.07) is 16.6. The molecule has 5 aromatic rings. The summed E-state index contributed by atoms with van der Waals surface area (Å²) in [5.74, 6) is 0.194. The van der Waals surface area contributed by atoms with Gasteiger partial charge in [-0.1, -0.05) is 30.3 Å². The molecule has 0 saturated carbocycles. The highest BCUT2D eigenvalue weighted by molar-refractivity contribution is 7.15. The van der Waals surface area contributed by atoms with E-state index in [0.29, 0.717) is 37.0 Å². The van der Waals surface area contributed by atoms with Crippen LogP contribution in [0.1, 0.15) is 35.6 Å². The number of aliphatic hydroxyl groups is 1. The van der Waals surface area contributed by atoms with E-state index in [2.05, 4.69) is 51.4 Å². The third-order valence-electron chi connectivity index (χ3n) is 9.60. The first-order valence-electron chi connectivity index (χ1n) is 15.6. The zero-order valence-electron chi connectivity index (χ0n) is 25.4. The van der Waals surface area contributed by atoms with E-state index in [0.717, 1.165) is 31.6 Å². The van der Waals surface area contributed by atoms with Gasteiger partial charge in [-0.2, -0.15) is 0 Å². The fourth-order valence-electron chi connectivity index (χ4n) is 7.07. The summed E-state index contributed by atoms with van der Waals surface area (Å²) in [4.78, 5) is 45.8. The first-order valence-corrected chi connectivity index (χ1v) is 16.4. The first kappa shape index (κ1) is 29.5. The molecule has 11 heteroatoms. The maximum Gasteiger partial charge on any atom is 0.262 e. The van der Waals surface area contributed by atoms with E-state index in [1.807, 2.05) is 41.2 Å². The number of piperidine rings is 2. The quantitative estimate of drug-likeness (QED) is 0.288. The average Bonchev–Trinajstić information content (AvgIpc) is 3.70. The molecule has 232 valence electrons. The van der Waals surface area contributed by atoms with Crippen LogP contribution in [0.5, 0.6) is 0 Å². The molecule has 45 heavy (non-hydrogen) atoms. The summed E-state index contributed by atoms with van der Waals surface area (Å²) in [5, 5.41) is 12.0. The van der Waals surface area contributed by atoms with E-state index >= 15 is 0 Å². The molecule has 0 aliphatic carbocycles. The Hall–Kier alpha value is -4.19. The van der Waals surface area contributed by atoms with Gasteiger partial charge in [0, 0.05) is 61.5 Å². The highest BCUT2D eigenvalue weighted by atomic mass is 32.1. The third kappa shape index (κ3) is 6.07. The molecule has 2 N–H and O–H groups in total. The minimum atomic E-state index is -1.07. The molecule has 0 spiro atoms. The number of thiophene rings is 1. The van der Waals surface area contributed by atoms with Gasteiger partial charge in [0.1, 0.15) is 24.8 Å². The predicted octanol–water partition coefficient (Wildman–Crippen LogP) is 2.50. The van der Waals surface area contributed by atoms with Crippen molar-refractivity contribution < 1.29 is 14.8 Å². The lowest BCUT2D eigenvalue weighted by Gasteiger charge is -2.42. The van der Waals surface area contributed by atoms with Crippen LogP contribution < -0.4 is 10.5 Å². The summed E-state index contributed by atoms with van der Waals surface area (Å²) >= 11 is 1.78. The summed E-state index contributed by atoms with van der Waals surface area (Å²) in [5.41, 5.74) is 1.65. The number of aryl methyl sites for hydroxylation is 1. The minimum Gasteiger partial charge on any atom is -0.388 e. The van der Waals surface area contributed by atoms with Gasteiger partial charge >= 0.3 is 0 Å². The van der Waals surface area contributed by atoms with Crippen LogP contribution in [0.2, 0.25) is 0 Å². The molecule has 1 unspecified atom stereocenters. The van der Waals surface area contributed by atoms with Crippen molar-refractivity contribution >= 4 is 28.3 Å². The molecular weight excluding hydrogens is 586 g/mol. The zero-order chi connectivity index (χ0) is 31.0. The number of fused-ring (bicyclic) bond motifs is 1. The van der Waals surface area contributed by atoms with Crippen LogP contribution in [0.3, 0.4) is 0 Å². The highest BCUT2D eigenvalue weighted by Crippen LogP contribution is 2.33. The monoisotopic (exact) mass is 624 g/mol. The van der Waals surface area contributed by atoms with Gasteiger partial charge in [-0.3, -0.25) is 14.2 Å². The number of likely N-dealkylation sites (tertiary alicyclic amines) is 2. The maximum atomic E-state index is 14.1. The number of aromatic nitrogens is 5. The predicted molar refractivity (Wildman–Crippen MR) is 173 cm³/mol. The minimum absolute atomic E-state index is 0.102. The third-order valence-corrected chi connectivity index (χ3v) is 10.7. The normalized spacial score (nSPS) is 21.6. The fraction of sp³-hybridized carbons (Fsp3) is 0.382. The highest BCUT2D eigenvalue weighted by Gasteiger charge is 2.42. The van der Waals surface area contributed by atoms with Crippen LogP contribution in [-0.2, 0) is 24.9 Å². The van der Waals surface area contributed by atoms with Gasteiger partial charge in [-0.25, -0.2) is 15.0 Å². The molecule has 2 aliphatic heterocycles. The van der Waals surface area contributed by atoms with Gasteiger partial charge in [0.15, 0.2) is 0 Å². The molecule has 10 nitrogen and oxygen atoms in total. The maximum absolute atomic E-state index is 14.1. The number of rotatable bonds is 7. The Balaban J connectivity index is 1.02. The number of hydrogen-bond acceptors (Lipinski definition) is 7. The molecule has 6 heterocycles. The smallest absolute Gasteiger partial charge is 0.262 e. The van der Waals surface area contributed by atoms with Gasteiger partial charge < -0.3 is 19.5 Å². The number of amides is 1. The van der Waals surface area contributed by atoms with Gasteiger partial charge in [-0.15, -0.1) is 11.3 Å². The second-order valence-corrected chi connectivity index (χ2v) is 13.7. The lowest BCUT2D eigenvalue weighted by molar-refractivity contribution is -0.920. The molecule has 2 aliphatic rings. The Bertz CT molecular complexity index is 1840. The summed E-state index contributed by atoms with van der Waals surface area (Å²) in [6.07, 6.45) is 10.2. The van der Waals surface area contributed by atoms with Crippen molar-refractivity contribution in [1.29, 1.82) is 0 Å². The van der Waals surface area contributed by atoms with Crippen LogP contribution >= 0.6 is 11.3 Å². The molecular formula is C34H38N7O3S+. The van der Waals surface area contributed by atoms with Crippen molar-refractivity contribution in [3.8, 4) is 10.4 Å². The summed E-state index contributed by atoms with van der Waals surface area (Å²) in [6.45, 7) is 3.85. The van der Waals surface area contributed by atoms with Gasteiger partial charge in [0.25, 0.3) is 5.56 Å². The molecule has 0 bridgehead atoms. The first-order chi connectivity index (χ1) is 21.9. The summed E-state index contributed by atoms with van der Waals surface area (Å²) < 4.78 is 3.32. The number of benzene rings is 1. The number of quaternary nitrogens is 1. The van der Waals surface area contributed by atoms with Crippen LogP contribution in [-0.4, -0.2) is 71.8 Å². The van der Waals surface area contributed by atoms with E-state index < -0.39 is 5.60 Å². The number of carbonyl (C=O) groups is 1. The zero-order valence-corrected chi connectivity index (χ0v) is 26.2. The molecule has 1 amide bonds. The van der Waals surface area contributed by atoms with Crippen molar-refractivity contribution in [2.24, 2.45) is 13.0 Å². The lowest BCUT2D eigenvalue weighted by Crippen LogP contribution is -3.12. The molecule has 7 rings (SSSR count). The van der Waals surface area contributed by atoms with E-state index in [9.17, 15) is 14.7 Å². The Labute approximate surface area is 265 Å². The lowest BCUT2D eigenvalue weighted by atomic mass is 9.79. The number of hydrogen-bond donors (Lipinski definition) is 2. The van der Waals surface area contributed by atoms with Crippen molar-refractivity contribution in [2.75, 3.05) is 26.2 Å². The Morgan fingerprint density at radius 3 is 2.64 bits per heavy atom. The fourth-order valence-corrected chi connectivity index (χ4v) is 8.12. The molecule has 2 saturated heterocycles. The SMILES string of the molecule is Cn1ccc2c(=O)n(CC3(O)CCN(C(=O)[C@@H]4CC[NH+](Cc5ccc(-c6cncnc6)s5)C[C@H]4c4ccccc4)CC3)cnc21. The van der Waals surface area contributed by atoms with E-state index in [1.54, 1.807) is 23.7 Å². The molecule has 0 radical (unpaired) electrons. The van der Waals surface area contributed by atoms with Crippen LogP contribution in [0.25, 0.3) is 21.5 Å². The number of nitrogens with one attached hydrogen (secondary N) is 1. The van der Waals surface area contributed by atoms with Gasteiger partial charge in [-0.05, 0) is 36.6 Å². The van der Waals surface area contributed by atoms with E-state index in [-0.39, 0.29) is 29.8 Å². The van der Waals surface area contributed by atoms with Crippen LogP contribution in [0, 0.1) is 5.92 Å². The Morgan fingerprint density at radius 2 is 1.87 bits per heavy atom. The second-order valence-electron chi connectivity index (χ2n) is 12.6. The molecule has 2 fully saturated rings. The van der Waals surface area contributed by atoms with Crippen molar-refractivity contribution in [3.05, 3.63) is 101 Å². The summed E-state index contributed by atoms with van der Waals surface area (Å²) in [7, 11) is 1.86. The largest absolute Gasteiger partial charge is 0.388 e. The number of nitrogens with zero attached hydrogens (tertiary/aromatic N) is 6. The molecule has 3 atom stereocenters. The van der Waals surface area contributed by atoms with Crippen molar-refractivity contribution in [2.45, 2.75) is 43.9 Å². The van der Waals surface area contributed by atoms with Crippen LogP contribution in [0.15, 0.2) is 84.6 Å². The topological polar surface area (TPSA) is 111 Å². The van der Waals surface area contributed by atoms with Gasteiger partial charge in [0.2, 0.25) is 5.91 Å². The average molecular weight is 625 g/mol. The Kier molecular flexibility index (Phi) is 8.07. The molecule has 4 aromatic heterocycles. The standard InChI is InChI=1S/C34H37N7O3S/c1-38-13-9-28-31(38)37-23-41(33(28)43)21-34(44)11-15-40(16-12-34)32(42)27-10-14-39(20-29(27)24-5-3-2-4-6-24)19-26-7-8-30(45-26)25-17-35-22-36-18-25/h2-9,13,17-18,22-23,27,29,44H,10-12,14-16,19-21H2,1H3/p+1/t27-,29+/m1/s1. The second kappa shape index (κ2) is 12.3.